The molecule has 0 aliphatic carbocycles. The topological polar surface area (TPSA) is 6.48 Å². The fourth-order valence-corrected chi connectivity index (χ4v) is 6.72. The molecule has 0 saturated heterocycles. The van der Waals surface area contributed by atoms with Crippen molar-refractivity contribution in [3.8, 4) is 0 Å². The highest BCUT2D eigenvalue weighted by Gasteiger charge is 2.25. The van der Waals surface area contributed by atoms with E-state index in [4.69, 9.17) is 0 Å². The van der Waals surface area contributed by atoms with Crippen LogP contribution in [0.25, 0.3) is 0 Å². The molecule has 0 radical (unpaired) electrons. The van der Waals surface area contributed by atoms with Crippen LogP contribution >= 0.6 is 0 Å². The van der Waals surface area contributed by atoms with E-state index in [1.54, 1.807) is 0 Å². The first-order valence-electron chi connectivity index (χ1n) is 19.1. The average Bonchev–Trinajstić information content (AvgIpc) is 3.39. The summed E-state index contributed by atoms with van der Waals surface area (Å²) >= 11 is 0. The molecular weight excluding hydrogens is 508 g/mol. The second-order valence-electron chi connectivity index (χ2n) is 13.4. The number of rotatable bonds is 30. The fourth-order valence-electron chi connectivity index (χ4n) is 6.72. The van der Waals surface area contributed by atoms with Crippen molar-refractivity contribution in [1.82, 2.24) is 9.80 Å². The Bertz CT molecular complexity index is 714. The van der Waals surface area contributed by atoms with Gasteiger partial charge in [0.1, 0.15) is 6.17 Å². The second-order valence-corrected chi connectivity index (χ2v) is 13.4. The van der Waals surface area contributed by atoms with Crippen LogP contribution in [0.4, 0.5) is 0 Å². The van der Waals surface area contributed by atoms with Gasteiger partial charge in [0.05, 0.1) is 0 Å². The lowest BCUT2D eigenvalue weighted by molar-refractivity contribution is 0.132. The summed E-state index contributed by atoms with van der Waals surface area (Å²) in [6.45, 7) is 6.88. The molecule has 0 N–H and O–H groups in total. The van der Waals surface area contributed by atoms with Crippen LogP contribution in [0.3, 0.4) is 0 Å². The summed E-state index contributed by atoms with van der Waals surface area (Å²) in [6.07, 6.45) is 43.8. The molecule has 0 bridgehead atoms. The summed E-state index contributed by atoms with van der Waals surface area (Å²) in [7, 11) is 0. The van der Waals surface area contributed by atoms with Crippen molar-refractivity contribution in [2.75, 3.05) is 6.54 Å². The Balaban J connectivity index is 1.56. The van der Waals surface area contributed by atoms with Crippen molar-refractivity contribution in [2.45, 2.75) is 200 Å². The standard InChI is InChI=1S/C40H72N2/c1-3-5-7-9-11-13-15-17-18-19-21-23-25-30-34-40-41(36-37-42(40)38-39-32-28-27-29-33-39)35-31-26-24-22-20-16-14-12-10-8-6-4-2/h27-29,32-33,36-37,40H,3-26,30-31,34-35,38H2,1-2H3. The molecule has 1 aromatic rings. The third-order valence-corrected chi connectivity index (χ3v) is 9.51. The van der Waals surface area contributed by atoms with Crippen LogP contribution in [0, 0.1) is 0 Å². The lowest BCUT2D eigenvalue weighted by Gasteiger charge is -2.33. The average molecular weight is 581 g/mol. The van der Waals surface area contributed by atoms with Crippen LogP contribution < -0.4 is 0 Å². The summed E-state index contributed by atoms with van der Waals surface area (Å²) in [4.78, 5) is 5.28. The van der Waals surface area contributed by atoms with Gasteiger partial charge in [0.25, 0.3) is 0 Å². The highest BCUT2D eigenvalue weighted by molar-refractivity contribution is 5.16. The van der Waals surface area contributed by atoms with Gasteiger partial charge in [-0.25, -0.2) is 0 Å². The summed E-state index contributed by atoms with van der Waals surface area (Å²) in [5.74, 6) is 0. The molecule has 2 nitrogen and oxygen atoms in total. The number of nitrogens with zero attached hydrogens (tertiary/aromatic N) is 2. The van der Waals surface area contributed by atoms with Crippen molar-refractivity contribution in [2.24, 2.45) is 0 Å². The second kappa shape index (κ2) is 27.1. The maximum Gasteiger partial charge on any atom is 0.101 e. The molecule has 2 rings (SSSR count). The number of hydrogen-bond acceptors (Lipinski definition) is 2. The molecule has 242 valence electrons. The summed E-state index contributed by atoms with van der Waals surface area (Å²) < 4.78 is 0. The SMILES string of the molecule is CCCCCCCCCCCCCCCCC1N(CCCCCCCCCCCCCC)C=CN1Cc1ccccc1. The van der Waals surface area contributed by atoms with E-state index in [1.165, 1.54) is 185 Å². The third-order valence-electron chi connectivity index (χ3n) is 9.51. The first kappa shape index (κ1) is 36.8. The van der Waals surface area contributed by atoms with Crippen molar-refractivity contribution in [1.29, 1.82) is 0 Å². The molecule has 42 heavy (non-hydrogen) atoms. The highest BCUT2D eigenvalue weighted by Crippen LogP contribution is 2.25. The smallest absolute Gasteiger partial charge is 0.101 e. The molecule has 0 spiro atoms. The Labute approximate surface area is 264 Å². The molecule has 0 aromatic heterocycles. The van der Waals surface area contributed by atoms with E-state index >= 15 is 0 Å². The summed E-state index contributed by atoms with van der Waals surface area (Å²) in [5, 5.41) is 0. The highest BCUT2D eigenvalue weighted by atomic mass is 15.4. The Morgan fingerprint density at radius 3 is 1.26 bits per heavy atom. The molecular formula is C40H72N2. The Kier molecular flexibility index (Phi) is 23.7. The molecule has 1 unspecified atom stereocenters. The van der Waals surface area contributed by atoms with Crippen LogP contribution in [-0.4, -0.2) is 22.5 Å². The van der Waals surface area contributed by atoms with Crippen molar-refractivity contribution >= 4 is 0 Å². The number of unbranched alkanes of at least 4 members (excludes halogenated alkanes) is 24. The largest absolute Gasteiger partial charge is 0.356 e. The van der Waals surface area contributed by atoms with Crippen molar-refractivity contribution < 1.29 is 0 Å². The van der Waals surface area contributed by atoms with Crippen LogP contribution in [-0.2, 0) is 6.54 Å². The van der Waals surface area contributed by atoms with Gasteiger partial charge in [-0.3, -0.25) is 0 Å². The Morgan fingerprint density at radius 1 is 0.429 bits per heavy atom. The van der Waals surface area contributed by atoms with Gasteiger partial charge in [0.2, 0.25) is 0 Å². The summed E-state index contributed by atoms with van der Waals surface area (Å²) in [6, 6.07) is 11.1. The maximum absolute atomic E-state index is 2.67. The van der Waals surface area contributed by atoms with Crippen LogP contribution in [0.1, 0.15) is 193 Å². The van der Waals surface area contributed by atoms with Crippen LogP contribution in [0.15, 0.2) is 42.7 Å². The van der Waals surface area contributed by atoms with Gasteiger partial charge in [0.15, 0.2) is 0 Å². The molecule has 2 heteroatoms. The minimum Gasteiger partial charge on any atom is -0.356 e. The first-order valence-corrected chi connectivity index (χ1v) is 19.1. The lowest BCUT2D eigenvalue weighted by atomic mass is 10.0. The van der Waals surface area contributed by atoms with E-state index in [1.807, 2.05) is 0 Å². The molecule has 1 aromatic carbocycles. The monoisotopic (exact) mass is 581 g/mol. The van der Waals surface area contributed by atoms with E-state index in [9.17, 15) is 0 Å². The Morgan fingerprint density at radius 2 is 0.810 bits per heavy atom. The van der Waals surface area contributed by atoms with E-state index in [-0.39, 0.29) is 0 Å². The molecule has 0 saturated carbocycles. The van der Waals surface area contributed by atoms with Gasteiger partial charge in [0, 0.05) is 25.5 Å². The van der Waals surface area contributed by atoms with Crippen LogP contribution in [0.5, 0.6) is 0 Å². The molecule has 0 fully saturated rings. The normalized spacial score (nSPS) is 14.9. The molecule has 1 heterocycles. The van der Waals surface area contributed by atoms with Crippen molar-refractivity contribution in [3.05, 3.63) is 48.3 Å². The van der Waals surface area contributed by atoms with Gasteiger partial charge >= 0.3 is 0 Å². The minimum absolute atomic E-state index is 0.551. The first-order chi connectivity index (χ1) is 20.8. The van der Waals surface area contributed by atoms with Crippen LogP contribution in [0.2, 0.25) is 0 Å². The number of hydrogen-bond donors (Lipinski definition) is 0. The molecule has 0 amide bonds. The van der Waals surface area contributed by atoms with Gasteiger partial charge < -0.3 is 9.80 Å². The molecule has 1 atom stereocenters. The van der Waals surface area contributed by atoms with E-state index in [0.717, 1.165) is 6.54 Å². The zero-order valence-corrected chi connectivity index (χ0v) is 28.5. The summed E-state index contributed by atoms with van der Waals surface area (Å²) in [5.41, 5.74) is 1.43. The zero-order chi connectivity index (χ0) is 29.8. The van der Waals surface area contributed by atoms with E-state index < -0.39 is 0 Å². The van der Waals surface area contributed by atoms with Gasteiger partial charge in [-0.15, -0.1) is 0 Å². The van der Waals surface area contributed by atoms with Gasteiger partial charge in [-0.1, -0.05) is 198 Å². The quantitative estimate of drug-likeness (QED) is 0.0835. The van der Waals surface area contributed by atoms with E-state index in [2.05, 4.69) is 66.4 Å². The predicted octanol–water partition coefficient (Wildman–Crippen LogP) is 13.2. The van der Waals surface area contributed by atoms with Gasteiger partial charge in [-0.05, 0) is 24.8 Å². The number of benzene rings is 1. The van der Waals surface area contributed by atoms with Gasteiger partial charge in [-0.2, -0.15) is 0 Å². The fraction of sp³-hybridized carbons (Fsp3) is 0.800. The molecule has 1 aliphatic rings. The lowest BCUT2D eigenvalue weighted by Crippen LogP contribution is -2.38. The van der Waals surface area contributed by atoms with Crippen molar-refractivity contribution in [3.63, 3.8) is 0 Å². The third kappa shape index (κ3) is 19.0. The minimum atomic E-state index is 0.551. The maximum atomic E-state index is 2.67. The zero-order valence-electron chi connectivity index (χ0n) is 28.5. The van der Waals surface area contributed by atoms with E-state index in [0.29, 0.717) is 6.17 Å². The predicted molar refractivity (Wildman–Crippen MR) is 188 cm³/mol. The Hall–Kier alpha value is -1.44. The molecule has 1 aliphatic heterocycles.